The molecule has 0 spiro atoms. The van der Waals surface area contributed by atoms with Crippen LogP contribution in [0.5, 0.6) is 0 Å². The summed E-state index contributed by atoms with van der Waals surface area (Å²) in [6, 6.07) is 15.0. The molecule has 3 aliphatic rings. The highest BCUT2D eigenvalue weighted by atomic mass is 32.2. The molecule has 5 atom stereocenters. The van der Waals surface area contributed by atoms with Gasteiger partial charge in [-0.1, -0.05) is 81.4 Å². The highest BCUT2D eigenvalue weighted by Gasteiger charge is 2.62. The fourth-order valence-electron chi connectivity index (χ4n) is 6.37. The van der Waals surface area contributed by atoms with Crippen LogP contribution in [0.25, 0.3) is 11.1 Å². The number of sulfonamides is 1. The fourth-order valence-corrected chi connectivity index (χ4v) is 7.73. The van der Waals surface area contributed by atoms with Gasteiger partial charge in [0.1, 0.15) is 23.2 Å². The summed E-state index contributed by atoms with van der Waals surface area (Å²) in [6.07, 6.45) is 1.13. The highest BCUT2D eigenvalue weighted by Crippen LogP contribution is 2.47. The lowest BCUT2D eigenvalue weighted by Crippen LogP contribution is -2.60. The number of carbonyl (C=O) groups is 4. The van der Waals surface area contributed by atoms with Crippen molar-refractivity contribution in [1.82, 2.24) is 20.3 Å². The Hall–Kier alpha value is -4.23. The largest absolute Gasteiger partial charge is 0.465 e. The van der Waals surface area contributed by atoms with E-state index in [0.29, 0.717) is 18.4 Å². The van der Waals surface area contributed by atoms with Crippen LogP contribution in [0.15, 0.2) is 67.3 Å². The normalized spacial score (nSPS) is 26.2. The first-order chi connectivity index (χ1) is 22.1. The van der Waals surface area contributed by atoms with Gasteiger partial charge in [-0.15, -0.1) is 6.58 Å². The third kappa shape index (κ3) is 6.77. The number of nitrogens with one attached hydrogen (secondary N) is 3. The monoisotopic (exact) mass is 666 g/mol. The average Bonchev–Trinajstić information content (AvgIpc) is 3.96. The first kappa shape index (κ1) is 34.1. The molecular formula is C34H42N4O8S. The second-order valence-corrected chi connectivity index (χ2v) is 15.7. The Kier molecular flexibility index (Phi) is 9.01. The SMILES string of the molecule is C=CC1CC1(NC(=O)[C@@H]1C[C@@](OC)(c2ccc(-c3ccccc3)cc2)CN1C(=O)[C@@H](NC(=O)O)C(C)(C)C)C(=O)NS(=O)(=O)C1CC1. The van der Waals surface area contributed by atoms with E-state index in [4.69, 9.17) is 4.74 Å². The Morgan fingerprint density at radius 2 is 1.64 bits per heavy atom. The van der Waals surface area contributed by atoms with Crippen molar-refractivity contribution in [1.29, 1.82) is 0 Å². The van der Waals surface area contributed by atoms with E-state index >= 15 is 0 Å². The molecule has 1 saturated heterocycles. The quantitative estimate of drug-likeness (QED) is 0.265. The number of rotatable bonds is 11. The van der Waals surface area contributed by atoms with Crippen molar-refractivity contribution in [3.63, 3.8) is 0 Å². The molecule has 4 amide bonds. The van der Waals surface area contributed by atoms with Crippen molar-refractivity contribution in [3.8, 4) is 11.1 Å². The molecular weight excluding hydrogens is 624 g/mol. The van der Waals surface area contributed by atoms with Crippen LogP contribution in [0.3, 0.4) is 0 Å². The van der Waals surface area contributed by atoms with E-state index in [-0.39, 0.29) is 19.4 Å². The summed E-state index contributed by atoms with van der Waals surface area (Å²) in [6.45, 7) is 8.79. The number of nitrogens with zero attached hydrogens (tertiary/aromatic N) is 1. The average molecular weight is 667 g/mol. The summed E-state index contributed by atoms with van der Waals surface area (Å²) in [7, 11) is -2.41. The van der Waals surface area contributed by atoms with Gasteiger partial charge in [0.05, 0.1) is 11.8 Å². The third-order valence-corrected chi connectivity index (χ3v) is 11.3. The number of carboxylic acid groups (broad SMARTS) is 1. The molecule has 1 heterocycles. The Bertz CT molecular complexity index is 1670. The standard InChI is InChI=1S/C34H42N4O8S/c1-6-23-18-34(23,30(41)37-47(44,45)25-16-17-25)36-28(39)26-19-33(46-5,20-38(26)29(40)27(32(2,3)4)35-31(42)43)24-14-12-22(13-15-24)21-10-8-7-9-11-21/h6-15,23,25-27,35H,1,16-20H2,2-5H3,(H,36,39)(H,37,41)(H,42,43)/t23?,26-,27+,33-,34?/m0/s1. The molecule has 5 rings (SSSR count). The molecule has 13 heteroatoms. The molecule has 2 aliphatic carbocycles. The Morgan fingerprint density at radius 3 is 2.15 bits per heavy atom. The van der Waals surface area contributed by atoms with Crippen molar-refractivity contribution in [2.75, 3.05) is 13.7 Å². The van der Waals surface area contributed by atoms with Crippen LogP contribution in [0.1, 0.15) is 52.0 Å². The predicted octanol–water partition coefficient (Wildman–Crippen LogP) is 3.15. The summed E-state index contributed by atoms with van der Waals surface area (Å²) in [4.78, 5) is 54.9. The molecule has 2 unspecified atom stereocenters. The zero-order chi connectivity index (χ0) is 34.4. The number of amides is 4. The van der Waals surface area contributed by atoms with Crippen LogP contribution < -0.4 is 15.4 Å². The topological polar surface area (TPSA) is 171 Å². The van der Waals surface area contributed by atoms with Crippen LogP contribution in [0.4, 0.5) is 4.79 Å². The number of ether oxygens (including phenoxy) is 1. The minimum absolute atomic E-state index is 0.00742. The van der Waals surface area contributed by atoms with E-state index < -0.39 is 73.6 Å². The fraction of sp³-hybridized carbons (Fsp3) is 0.471. The van der Waals surface area contributed by atoms with Crippen LogP contribution >= 0.6 is 0 Å². The molecule has 2 aromatic rings. The molecule has 0 radical (unpaired) electrons. The highest BCUT2D eigenvalue weighted by molar-refractivity contribution is 7.91. The van der Waals surface area contributed by atoms with Crippen LogP contribution in [-0.4, -0.2) is 78.8 Å². The van der Waals surface area contributed by atoms with E-state index in [2.05, 4.69) is 21.9 Å². The van der Waals surface area contributed by atoms with Gasteiger partial charge in [-0.05, 0) is 41.4 Å². The first-order valence-electron chi connectivity index (χ1n) is 15.6. The van der Waals surface area contributed by atoms with Gasteiger partial charge in [0.25, 0.3) is 5.91 Å². The van der Waals surface area contributed by atoms with Crippen molar-refractivity contribution in [3.05, 3.63) is 72.8 Å². The summed E-state index contributed by atoms with van der Waals surface area (Å²) in [5, 5.41) is 14.0. The maximum Gasteiger partial charge on any atom is 0.405 e. The number of hydrogen-bond acceptors (Lipinski definition) is 7. The van der Waals surface area contributed by atoms with Crippen molar-refractivity contribution >= 4 is 33.8 Å². The van der Waals surface area contributed by atoms with E-state index in [1.165, 1.54) is 18.1 Å². The zero-order valence-electron chi connectivity index (χ0n) is 27.0. The number of hydrogen-bond donors (Lipinski definition) is 4. The van der Waals surface area contributed by atoms with Crippen LogP contribution in [0.2, 0.25) is 0 Å². The molecule has 1 aliphatic heterocycles. The van der Waals surface area contributed by atoms with Gasteiger partial charge in [-0.3, -0.25) is 19.1 Å². The van der Waals surface area contributed by atoms with Crippen LogP contribution in [-0.2, 0) is 34.7 Å². The minimum atomic E-state index is -3.90. The predicted molar refractivity (Wildman–Crippen MR) is 174 cm³/mol. The molecule has 12 nitrogen and oxygen atoms in total. The van der Waals surface area contributed by atoms with Gasteiger partial charge in [0.15, 0.2) is 0 Å². The van der Waals surface area contributed by atoms with Gasteiger partial charge in [-0.2, -0.15) is 0 Å². The molecule has 252 valence electrons. The zero-order valence-corrected chi connectivity index (χ0v) is 27.8. The van der Waals surface area contributed by atoms with Crippen molar-refractivity contribution in [2.24, 2.45) is 11.3 Å². The molecule has 4 N–H and O–H groups in total. The van der Waals surface area contributed by atoms with Gasteiger partial charge in [0, 0.05) is 19.4 Å². The lowest BCUT2D eigenvalue weighted by Gasteiger charge is -2.35. The maximum atomic E-state index is 14.2. The lowest BCUT2D eigenvalue weighted by atomic mass is 9.85. The number of methoxy groups -OCH3 is 1. The summed E-state index contributed by atoms with van der Waals surface area (Å²) in [5.74, 6) is -2.71. The van der Waals surface area contributed by atoms with Gasteiger partial charge in [-0.25, -0.2) is 13.2 Å². The van der Waals surface area contributed by atoms with E-state index in [9.17, 15) is 32.7 Å². The Morgan fingerprint density at radius 1 is 1.02 bits per heavy atom. The van der Waals surface area contributed by atoms with E-state index in [1.807, 2.05) is 54.6 Å². The van der Waals surface area contributed by atoms with Gasteiger partial charge in [0.2, 0.25) is 21.8 Å². The first-order valence-corrected chi connectivity index (χ1v) is 17.1. The maximum absolute atomic E-state index is 14.2. The molecule has 0 aromatic heterocycles. The minimum Gasteiger partial charge on any atom is -0.465 e. The van der Waals surface area contributed by atoms with Crippen molar-refractivity contribution < 1.29 is 37.4 Å². The Labute approximate surface area is 275 Å². The third-order valence-electron chi connectivity index (χ3n) is 9.45. The van der Waals surface area contributed by atoms with Gasteiger partial charge >= 0.3 is 6.09 Å². The summed E-state index contributed by atoms with van der Waals surface area (Å²) in [5.41, 5.74) is -0.928. The van der Waals surface area contributed by atoms with Crippen LogP contribution in [0, 0.1) is 11.3 Å². The smallest absolute Gasteiger partial charge is 0.405 e. The van der Waals surface area contributed by atoms with Gasteiger partial charge < -0.3 is 25.4 Å². The van der Waals surface area contributed by atoms with E-state index in [0.717, 1.165) is 11.1 Å². The summed E-state index contributed by atoms with van der Waals surface area (Å²) >= 11 is 0. The number of likely N-dealkylation sites (tertiary alicyclic amines) is 1. The molecule has 3 fully saturated rings. The lowest BCUT2D eigenvalue weighted by molar-refractivity contribution is -0.143. The second kappa shape index (κ2) is 12.4. The van der Waals surface area contributed by atoms with Crippen molar-refractivity contribution in [2.45, 2.75) is 74.9 Å². The Balaban J connectivity index is 1.49. The van der Waals surface area contributed by atoms with E-state index in [1.54, 1.807) is 20.8 Å². The summed E-state index contributed by atoms with van der Waals surface area (Å²) < 4.78 is 33.5. The molecule has 2 aromatic carbocycles. The molecule has 0 bridgehead atoms. The number of carbonyl (C=O) groups excluding carboxylic acids is 3. The molecule has 2 saturated carbocycles. The second-order valence-electron chi connectivity index (χ2n) is 13.8. The molecule has 47 heavy (non-hydrogen) atoms. The number of benzene rings is 2.